The maximum absolute atomic E-state index is 8.00. The zero-order valence-electron chi connectivity index (χ0n) is 5.13. The van der Waals surface area contributed by atoms with E-state index in [-0.39, 0.29) is 50.2 Å². The molecule has 0 aliphatic rings. The van der Waals surface area contributed by atoms with Crippen LogP contribution in [-0.4, -0.2) is 0 Å². The second-order valence-corrected chi connectivity index (χ2v) is 0.0745. The molecule has 15 N–H and O–H groups in total. The Labute approximate surface area is 66.4 Å². The third-order valence-corrected chi connectivity index (χ3v) is 0. The monoisotopic (exact) mass is 234 g/mol. The van der Waals surface area contributed by atoms with Crippen molar-refractivity contribution < 1.29 is 19.5 Å². The van der Waals surface area contributed by atoms with Crippen LogP contribution in [0.15, 0.2) is 5.34 Å². The first kappa shape index (κ1) is 162. The summed E-state index contributed by atoms with van der Waals surface area (Å²) >= 11 is 0. The van der Waals surface area contributed by atoms with Gasteiger partial charge >= 0.3 is 0 Å². The molecule has 0 atom stereocenters. The summed E-state index contributed by atoms with van der Waals surface area (Å²) in [4.78, 5) is 8.00. The van der Waals surface area contributed by atoms with Gasteiger partial charge in [0.2, 0.25) is 0 Å². The summed E-state index contributed by atoms with van der Waals surface area (Å²) in [6.45, 7) is 0. The fourth-order valence-electron chi connectivity index (χ4n) is 0. The van der Waals surface area contributed by atoms with Crippen LogP contribution >= 0.6 is 0 Å². The fraction of sp³-hybridized carbons (Fsp3) is 0. The Hall–Kier alpha value is -0.177. The largest absolute Gasteiger partial charge is 0.444 e. The van der Waals surface area contributed by atoms with E-state index in [9.17, 15) is 0 Å². The average molecular weight is 234 g/mol. The van der Waals surface area contributed by atoms with Crippen molar-refractivity contribution in [1.82, 2.24) is 30.8 Å². The molecule has 0 aromatic rings. The van der Waals surface area contributed by atoms with Crippen LogP contribution < -0.4 is 30.8 Å². The molecule has 0 spiro atoms. The Kier molecular flexibility index (Phi) is 9700. The molecule has 0 rings (SSSR count). The second-order valence-electron chi connectivity index (χ2n) is 0.0745. The van der Waals surface area contributed by atoms with Gasteiger partial charge in [0.15, 0.2) is 0 Å². The Bertz CT molecular complexity index is 18.5. The molecule has 0 fully saturated rings. The van der Waals surface area contributed by atoms with Crippen molar-refractivity contribution >= 4 is 0 Å². The molecule has 0 saturated heterocycles. The van der Waals surface area contributed by atoms with Gasteiger partial charge < -0.3 is 40.9 Å². The van der Waals surface area contributed by atoms with Crippen LogP contribution in [0.5, 0.6) is 0 Å². The van der Waals surface area contributed by atoms with E-state index in [1.807, 2.05) is 0 Å². The number of hydrogen-bond donors (Lipinski definition) is 5. The Morgan fingerprint density at radius 1 is 0.889 bits per heavy atom. The summed E-state index contributed by atoms with van der Waals surface area (Å²) in [5.74, 6) is 0. The first-order valence-electron chi connectivity index (χ1n) is 0.365. The first-order chi connectivity index (χ1) is 1.41. The van der Waals surface area contributed by atoms with E-state index < -0.39 is 0 Å². The summed E-state index contributed by atoms with van der Waals surface area (Å²) in [6, 6.07) is 0. The number of rotatable bonds is 0. The molecule has 1 radical (unpaired) electrons. The zero-order chi connectivity index (χ0) is 2.71. The summed E-state index contributed by atoms with van der Waals surface area (Å²) < 4.78 is 0. The smallest absolute Gasteiger partial charge is 0 e. The summed E-state index contributed by atoms with van der Waals surface area (Å²) in [5, 5.41) is 9.00. The van der Waals surface area contributed by atoms with Crippen LogP contribution in [0.2, 0.25) is 0 Å². The molecule has 0 unspecified atom stereocenters. The molecular weight excluding hydrogens is 219 g/mol. The minimum atomic E-state index is 0. The summed E-state index contributed by atoms with van der Waals surface area (Å²) in [6.07, 6.45) is 0. The van der Waals surface area contributed by atoms with Crippen molar-refractivity contribution in [2.24, 2.45) is 5.34 Å². The number of nitrogens with zero attached hydrogens (tertiary/aromatic N) is 1. The molecule has 0 heterocycles. The van der Waals surface area contributed by atoms with Crippen LogP contribution in [0.1, 0.15) is 0 Å². The van der Waals surface area contributed by atoms with Crippen LogP contribution in [0.25, 0.3) is 0 Å². The van der Waals surface area contributed by atoms with Gasteiger partial charge in [-0.3, -0.25) is 0 Å². The van der Waals surface area contributed by atoms with Gasteiger partial charge in [0.25, 0.3) is 0 Å². The van der Waals surface area contributed by atoms with E-state index in [1.165, 1.54) is 0 Å². The standard InChI is InChI=1S/HNO2.5H3N.Rh/c2-1-3;;;;;;/h(H,2,3);5*1H3;/p-1. The van der Waals surface area contributed by atoms with Gasteiger partial charge in [-0.25, -0.2) is 0 Å². The van der Waals surface area contributed by atoms with Crippen molar-refractivity contribution in [1.29, 1.82) is 0 Å². The summed E-state index contributed by atoms with van der Waals surface area (Å²) in [7, 11) is 0. The van der Waals surface area contributed by atoms with E-state index in [2.05, 4.69) is 0 Å². The van der Waals surface area contributed by atoms with Crippen LogP contribution in [-0.2, 0) is 19.5 Å². The molecule has 0 aliphatic carbocycles. The van der Waals surface area contributed by atoms with Crippen LogP contribution in [0.3, 0.4) is 0 Å². The van der Waals surface area contributed by atoms with Gasteiger partial charge in [0.1, 0.15) is 0 Å². The average Bonchev–Trinajstić information content (AvgIpc) is 0.918. The molecule has 0 bridgehead atoms. The normalized spacial score (nSPS) is 1.33. The van der Waals surface area contributed by atoms with Crippen LogP contribution in [0, 0.1) is 10.1 Å². The van der Waals surface area contributed by atoms with Crippen molar-refractivity contribution in [3.8, 4) is 0 Å². The zero-order valence-corrected chi connectivity index (χ0v) is 6.77. The molecular formula is H15N6O2Rh-. The van der Waals surface area contributed by atoms with Gasteiger partial charge in [-0.15, -0.1) is 5.34 Å². The fourth-order valence-corrected chi connectivity index (χ4v) is 0. The molecule has 9 heavy (non-hydrogen) atoms. The topological polar surface area (TPSA) is 227 Å². The summed E-state index contributed by atoms with van der Waals surface area (Å²) in [5.41, 5.74) is 0. The van der Waals surface area contributed by atoms with E-state index in [4.69, 9.17) is 10.1 Å². The minimum absolute atomic E-state index is 0. The molecule has 67 valence electrons. The maximum atomic E-state index is 8.00. The molecule has 0 aromatic carbocycles. The molecule has 8 nitrogen and oxygen atoms in total. The van der Waals surface area contributed by atoms with Crippen molar-refractivity contribution in [3.05, 3.63) is 10.1 Å². The van der Waals surface area contributed by atoms with Gasteiger partial charge in [-0.1, -0.05) is 0 Å². The Morgan fingerprint density at radius 3 is 0.889 bits per heavy atom. The van der Waals surface area contributed by atoms with E-state index >= 15 is 0 Å². The SMILES string of the molecule is N.N.N.N.N.O=N[O-].[Rh]. The van der Waals surface area contributed by atoms with Gasteiger partial charge in [-0.2, -0.15) is 0 Å². The third-order valence-electron chi connectivity index (χ3n) is 0. The number of hydrogen-bond acceptors (Lipinski definition) is 8. The molecule has 0 saturated carbocycles. The van der Waals surface area contributed by atoms with E-state index in [0.717, 1.165) is 5.34 Å². The molecule has 9 heteroatoms. The second kappa shape index (κ2) is 537. The van der Waals surface area contributed by atoms with Crippen molar-refractivity contribution in [3.63, 3.8) is 0 Å². The quantitative estimate of drug-likeness (QED) is 0.232. The minimum Gasteiger partial charge on any atom is -0.444 e. The Morgan fingerprint density at radius 2 is 0.889 bits per heavy atom. The predicted molar refractivity (Wildman–Crippen MR) is 34.3 cm³/mol. The third kappa shape index (κ3) is 8500. The molecule has 0 aliphatic heterocycles. The van der Waals surface area contributed by atoms with Gasteiger partial charge in [0, 0.05) is 19.5 Å². The van der Waals surface area contributed by atoms with Crippen molar-refractivity contribution in [2.75, 3.05) is 0 Å². The van der Waals surface area contributed by atoms with Gasteiger partial charge in [0.05, 0.1) is 0 Å². The molecule has 0 aromatic heterocycles. The molecule has 0 amide bonds. The van der Waals surface area contributed by atoms with E-state index in [0.29, 0.717) is 0 Å². The van der Waals surface area contributed by atoms with Crippen LogP contribution in [0.4, 0.5) is 0 Å². The van der Waals surface area contributed by atoms with E-state index in [1.54, 1.807) is 0 Å². The van der Waals surface area contributed by atoms with Crippen molar-refractivity contribution in [2.45, 2.75) is 0 Å². The first-order valence-corrected chi connectivity index (χ1v) is 0.365. The Balaban J connectivity index is -0.00000000133. The maximum Gasteiger partial charge on any atom is 0 e. The van der Waals surface area contributed by atoms with Gasteiger partial charge in [-0.05, 0) is 0 Å². The predicted octanol–water partition coefficient (Wildman–Crippen LogP) is 1.06.